The van der Waals surface area contributed by atoms with Gasteiger partial charge in [-0.05, 0) is 19.4 Å². The summed E-state index contributed by atoms with van der Waals surface area (Å²) in [6.45, 7) is 2.89. The first-order chi connectivity index (χ1) is 8.36. The highest BCUT2D eigenvalue weighted by Crippen LogP contribution is 2.29. The number of allylic oxidation sites excluding steroid dienone is 1. The molecule has 0 bridgehead atoms. The molecule has 18 heavy (non-hydrogen) atoms. The van der Waals surface area contributed by atoms with Crippen molar-refractivity contribution < 1.29 is 24.0 Å². The maximum atomic E-state index is 11.6. The second-order valence-electron chi connectivity index (χ2n) is 4.20. The summed E-state index contributed by atoms with van der Waals surface area (Å²) in [5.74, 6) is -2.22. The van der Waals surface area contributed by atoms with Crippen LogP contribution in [0.25, 0.3) is 0 Å². The number of rotatable bonds is 3. The van der Waals surface area contributed by atoms with Crippen LogP contribution >= 0.6 is 0 Å². The smallest absolute Gasteiger partial charge is 0.316 e. The van der Waals surface area contributed by atoms with E-state index in [0.29, 0.717) is 0 Å². The molecule has 0 saturated carbocycles. The third kappa shape index (κ3) is 3.06. The van der Waals surface area contributed by atoms with Crippen LogP contribution in [0.2, 0.25) is 0 Å². The lowest BCUT2D eigenvalue weighted by Gasteiger charge is -2.28. The first-order valence-corrected chi connectivity index (χ1v) is 5.42. The van der Waals surface area contributed by atoms with Gasteiger partial charge < -0.3 is 9.47 Å². The van der Waals surface area contributed by atoms with Crippen molar-refractivity contribution in [1.29, 1.82) is 0 Å². The summed E-state index contributed by atoms with van der Waals surface area (Å²) in [5, 5.41) is 11.1. The van der Waals surface area contributed by atoms with Gasteiger partial charge in [-0.1, -0.05) is 5.57 Å². The second-order valence-corrected chi connectivity index (χ2v) is 4.20. The van der Waals surface area contributed by atoms with Gasteiger partial charge in [0.25, 0.3) is 6.04 Å². The molecule has 7 nitrogen and oxygen atoms in total. The molecule has 1 aliphatic rings. The zero-order valence-electron chi connectivity index (χ0n) is 10.4. The van der Waals surface area contributed by atoms with Crippen LogP contribution in [0.4, 0.5) is 0 Å². The van der Waals surface area contributed by atoms with Crippen molar-refractivity contribution in [1.82, 2.24) is 0 Å². The van der Waals surface area contributed by atoms with E-state index < -0.39 is 34.9 Å². The maximum absolute atomic E-state index is 11.6. The Labute approximate surface area is 104 Å². The van der Waals surface area contributed by atoms with Crippen molar-refractivity contribution in [2.45, 2.75) is 32.4 Å². The van der Waals surface area contributed by atoms with Crippen molar-refractivity contribution >= 4 is 11.9 Å². The van der Waals surface area contributed by atoms with Crippen LogP contribution < -0.4 is 0 Å². The van der Waals surface area contributed by atoms with Crippen LogP contribution in [0.5, 0.6) is 0 Å². The minimum atomic E-state index is -1.30. The molecule has 0 amide bonds. The van der Waals surface area contributed by atoms with Crippen LogP contribution in [0.1, 0.15) is 20.3 Å². The average Bonchev–Trinajstić information content (AvgIpc) is 2.25. The van der Waals surface area contributed by atoms with Crippen molar-refractivity contribution in [3.8, 4) is 0 Å². The number of nitrogens with zero attached hydrogens (tertiary/aromatic N) is 1. The largest absolute Gasteiger partial charge is 0.469 e. The molecule has 0 aliphatic heterocycles. The predicted molar refractivity (Wildman–Crippen MR) is 60.2 cm³/mol. The Hall–Kier alpha value is -1.92. The Bertz CT molecular complexity index is 402. The van der Waals surface area contributed by atoms with Crippen molar-refractivity contribution in [3.05, 3.63) is 21.8 Å². The van der Waals surface area contributed by atoms with Gasteiger partial charge in [-0.2, -0.15) is 0 Å². The zero-order chi connectivity index (χ0) is 13.9. The minimum Gasteiger partial charge on any atom is -0.469 e. The number of esters is 2. The standard InChI is InChI=1S/C11H15NO6/c1-6-4-8(11(14)17-3)10(12(15)16)9(5-6)18-7(2)13/h5,8-10H,4H2,1-3H3/t8-,9-,10+/m0/s1. The highest BCUT2D eigenvalue weighted by atomic mass is 16.6. The fraction of sp³-hybridized carbons (Fsp3) is 0.636. The monoisotopic (exact) mass is 257 g/mol. The van der Waals surface area contributed by atoms with E-state index in [1.165, 1.54) is 20.1 Å². The van der Waals surface area contributed by atoms with Gasteiger partial charge in [-0.25, -0.2) is 0 Å². The minimum absolute atomic E-state index is 0.232. The number of methoxy groups -OCH3 is 1. The van der Waals surface area contributed by atoms with Crippen LogP contribution in [-0.4, -0.2) is 36.1 Å². The normalized spacial score (nSPS) is 27.1. The predicted octanol–water partition coefficient (Wildman–Crippen LogP) is 0.703. The van der Waals surface area contributed by atoms with E-state index in [4.69, 9.17) is 4.74 Å². The molecule has 0 aromatic carbocycles. The Morgan fingerprint density at radius 3 is 2.56 bits per heavy atom. The number of nitro groups is 1. The summed E-state index contributed by atoms with van der Waals surface area (Å²) in [4.78, 5) is 33.0. The van der Waals surface area contributed by atoms with Gasteiger partial charge in [0.2, 0.25) is 0 Å². The number of carbonyl (C=O) groups is 2. The summed E-state index contributed by atoms with van der Waals surface area (Å²) in [5.41, 5.74) is 0.759. The first-order valence-electron chi connectivity index (χ1n) is 5.42. The molecule has 0 N–H and O–H groups in total. The molecule has 7 heteroatoms. The number of hydrogen-bond donors (Lipinski definition) is 0. The summed E-state index contributed by atoms with van der Waals surface area (Å²) in [7, 11) is 1.17. The molecule has 0 aromatic rings. The van der Waals surface area contributed by atoms with E-state index in [-0.39, 0.29) is 6.42 Å². The Morgan fingerprint density at radius 2 is 2.11 bits per heavy atom. The molecule has 0 heterocycles. The molecule has 0 saturated heterocycles. The molecule has 1 aliphatic carbocycles. The van der Waals surface area contributed by atoms with E-state index in [9.17, 15) is 19.7 Å². The SMILES string of the molecule is COC(=O)[C@H]1CC(C)=C[C@H](OC(C)=O)[C@@H]1[N+](=O)[O-]. The van der Waals surface area contributed by atoms with E-state index in [1.807, 2.05) is 0 Å². The highest BCUT2D eigenvalue weighted by molar-refractivity contribution is 5.74. The zero-order valence-corrected chi connectivity index (χ0v) is 10.4. The fourth-order valence-corrected chi connectivity index (χ4v) is 2.08. The molecule has 0 aromatic heterocycles. The summed E-state index contributed by atoms with van der Waals surface area (Å²) in [6, 6.07) is -1.30. The lowest BCUT2D eigenvalue weighted by Crippen LogP contribution is -2.47. The molecule has 3 atom stereocenters. The third-order valence-corrected chi connectivity index (χ3v) is 2.79. The Balaban J connectivity index is 3.07. The molecular weight excluding hydrogens is 242 g/mol. The molecule has 0 radical (unpaired) electrons. The summed E-state index contributed by atoms with van der Waals surface area (Å²) < 4.78 is 9.46. The van der Waals surface area contributed by atoms with Crippen molar-refractivity contribution in [3.63, 3.8) is 0 Å². The fourth-order valence-electron chi connectivity index (χ4n) is 2.08. The van der Waals surface area contributed by atoms with Crippen molar-refractivity contribution in [2.75, 3.05) is 7.11 Å². The van der Waals surface area contributed by atoms with Gasteiger partial charge in [0.05, 0.1) is 7.11 Å². The van der Waals surface area contributed by atoms with Gasteiger partial charge in [0.1, 0.15) is 5.92 Å². The lowest BCUT2D eigenvalue weighted by atomic mass is 9.83. The summed E-state index contributed by atoms with van der Waals surface area (Å²) in [6.07, 6.45) is 0.708. The number of carbonyl (C=O) groups excluding carboxylic acids is 2. The third-order valence-electron chi connectivity index (χ3n) is 2.79. The second kappa shape index (κ2) is 5.61. The van der Waals surface area contributed by atoms with Gasteiger partial charge in [-0.3, -0.25) is 19.7 Å². The molecular formula is C11H15NO6. The Kier molecular flexibility index (Phi) is 4.41. The lowest BCUT2D eigenvalue weighted by molar-refractivity contribution is -0.539. The number of hydrogen-bond acceptors (Lipinski definition) is 6. The van der Waals surface area contributed by atoms with Gasteiger partial charge >= 0.3 is 11.9 Å². The molecule has 0 unspecified atom stereocenters. The van der Waals surface area contributed by atoms with E-state index in [2.05, 4.69) is 4.74 Å². The quantitative estimate of drug-likeness (QED) is 0.319. The topological polar surface area (TPSA) is 95.7 Å². The van der Waals surface area contributed by atoms with Crippen LogP contribution in [-0.2, 0) is 19.1 Å². The first kappa shape index (κ1) is 14.1. The van der Waals surface area contributed by atoms with E-state index in [0.717, 1.165) is 5.57 Å². The van der Waals surface area contributed by atoms with Crippen LogP contribution in [0.15, 0.2) is 11.6 Å². The molecule has 0 spiro atoms. The maximum Gasteiger partial charge on any atom is 0.316 e. The molecule has 100 valence electrons. The summed E-state index contributed by atoms with van der Waals surface area (Å²) >= 11 is 0. The highest BCUT2D eigenvalue weighted by Gasteiger charge is 2.47. The van der Waals surface area contributed by atoms with E-state index >= 15 is 0 Å². The van der Waals surface area contributed by atoms with E-state index in [1.54, 1.807) is 6.92 Å². The molecule has 0 fully saturated rings. The van der Waals surface area contributed by atoms with Gasteiger partial charge in [0, 0.05) is 11.8 Å². The number of ether oxygens (including phenoxy) is 2. The van der Waals surface area contributed by atoms with Gasteiger partial charge in [0.15, 0.2) is 6.10 Å². The average molecular weight is 257 g/mol. The Morgan fingerprint density at radius 1 is 1.50 bits per heavy atom. The van der Waals surface area contributed by atoms with Gasteiger partial charge in [-0.15, -0.1) is 0 Å². The van der Waals surface area contributed by atoms with Crippen LogP contribution in [0, 0.1) is 16.0 Å². The van der Waals surface area contributed by atoms with Crippen molar-refractivity contribution in [2.24, 2.45) is 5.92 Å². The molecule has 1 rings (SSSR count). The van der Waals surface area contributed by atoms with Crippen LogP contribution in [0.3, 0.4) is 0 Å².